The van der Waals surface area contributed by atoms with Gasteiger partial charge in [-0.1, -0.05) is 30.3 Å². The van der Waals surface area contributed by atoms with Crippen LogP contribution < -0.4 is 0 Å². The molecule has 2 saturated heterocycles. The van der Waals surface area contributed by atoms with Crippen molar-refractivity contribution in [2.75, 3.05) is 13.2 Å². The van der Waals surface area contributed by atoms with E-state index in [2.05, 4.69) is 23.1 Å². The van der Waals surface area contributed by atoms with Crippen LogP contribution in [0, 0.1) is 11.3 Å². The van der Waals surface area contributed by atoms with E-state index in [1.54, 1.807) is 0 Å². The molecular formula is C16H20N2O2. The van der Waals surface area contributed by atoms with Crippen LogP contribution in [0.4, 0.5) is 0 Å². The molecule has 0 radical (unpaired) electrons. The van der Waals surface area contributed by atoms with Gasteiger partial charge in [-0.3, -0.25) is 4.90 Å². The average Bonchev–Trinajstić information content (AvgIpc) is 2.60. The van der Waals surface area contributed by atoms with Crippen LogP contribution in [0.1, 0.15) is 31.4 Å². The average molecular weight is 272 g/mol. The molecule has 2 aliphatic heterocycles. The molecular weight excluding hydrogens is 252 g/mol. The number of hydrogen-bond donors (Lipinski definition) is 0. The van der Waals surface area contributed by atoms with Crippen molar-refractivity contribution < 1.29 is 9.47 Å². The first-order valence-electron chi connectivity index (χ1n) is 7.28. The maximum atomic E-state index is 9.29. The molecule has 1 aromatic rings. The molecule has 2 unspecified atom stereocenters. The van der Waals surface area contributed by atoms with Crippen LogP contribution in [-0.4, -0.2) is 36.5 Å². The first-order chi connectivity index (χ1) is 9.83. The summed E-state index contributed by atoms with van der Waals surface area (Å²) in [5.74, 6) is 0. The molecule has 0 aromatic heterocycles. The van der Waals surface area contributed by atoms with Gasteiger partial charge in [-0.25, -0.2) is 0 Å². The van der Waals surface area contributed by atoms with E-state index in [4.69, 9.17) is 9.47 Å². The lowest BCUT2D eigenvalue weighted by molar-refractivity contribution is -0.140. The minimum atomic E-state index is -0.138. The molecule has 4 atom stereocenters. The maximum absolute atomic E-state index is 9.29. The predicted molar refractivity (Wildman–Crippen MR) is 74.8 cm³/mol. The third-order valence-corrected chi connectivity index (χ3v) is 4.23. The monoisotopic (exact) mass is 272 g/mol. The van der Waals surface area contributed by atoms with Crippen LogP contribution in [0.5, 0.6) is 0 Å². The molecule has 20 heavy (non-hydrogen) atoms. The lowest BCUT2D eigenvalue weighted by Crippen LogP contribution is -2.56. The van der Waals surface area contributed by atoms with E-state index in [9.17, 15) is 5.26 Å². The van der Waals surface area contributed by atoms with Crippen molar-refractivity contribution in [1.82, 2.24) is 4.90 Å². The lowest BCUT2D eigenvalue weighted by Gasteiger charge is -2.48. The van der Waals surface area contributed by atoms with Gasteiger partial charge in [-0.15, -0.1) is 0 Å². The van der Waals surface area contributed by atoms with Crippen LogP contribution in [0.3, 0.4) is 0 Å². The molecule has 1 aromatic carbocycles. The van der Waals surface area contributed by atoms with Gasteiger partial charge < -0.3 is 9.47 Å². The Bertz CT molecular complexity index is 485. The van der Waals surface area contributed by atoms with Gasteiger partial charge in [-0.2, -0.15) is 5.26 Å². The van der Waals surface area contributed by atoms with Crippen LogP contribution in [0.15, 0.2) is 30.3 Å². The van der Waals surface area contributed by atoms with Crippen molar-refractivity contribution >= 4 is 0 Å². The summed E-state index contributed by atoms with van der Waals surface area (Å²) in [6.45, 7) is 3.23. The Kier molecular flexibility index (Phi) is 4.02. The highest BCUT2D eigenvalue weighted by atomic mass is 16.7. The predicted octanol–water partition coefficient (Wildman–Crippen LogP) is 2.48. The molecule has 106 valence electrons. The molecule has 4 nitrogen and oxygen atoms in total. The number of benzene rings is 1. The second-order valence-corrected chi connectivity index (χ2v) is 5.36. The molecule has 2 heterocycles. The smallest absolute Gasteiger partial charge is 0.159 e. The van der Waals surface area contributed by atoms with Gasteiger partial charge >= 0.3 is 0 Å². The molecule has 2 fully saturated rings. The van der Waals surface area contributed by atoms with Crippen LogP contribution >= 0.6 is 0 Å². The molecule has 0 spiro atoms. The highest BCUT2D eigenvalue weighted by molar-refractivity contribution is 5.22. The van der Waals surface area contributed by atoms with E-state index in [1.807, 2.05) is 25.1 Å². The third kappa shape index (κ3) is 2.45. The topological polar surface area (TPSA) is 45.5 Å². The summed E-state index contributed by atoms with van der Waals surface area (Å²) in [7, 11) is 0. The number of nitrogens with zero attached hydrogens (tertiary/aromatic N) is 2. The molecule has 4 heteroatoms. The van der Waals surface area contributed by atoms with E-state index in [0.29, 0.717) is 19.3 Å². The van der Waals surface area contributed by atoms with Gasteiger partial charge in [0.05, 0.1) is 18.7 Å². The Balaban J connectivity index is 1.83. The zero-order chi connectivity index (χ0) is 13.9. The van der Waals surface area contributed by atoms with Gasteiger partial charge in [0.1, 0.15) is 6.04 Å². The largest absolute Gasteiger partial charge is 0.353 e. The summed E-state index contributed by atoms with van der Waals surface area (Å²) in [4.78, 5) is 2.30. The summed E-state index contributed by atoms with van der Waals surface area (Å²) >= 11 is 0. The van der Waals surface area contributed by atoms with Crippen LogP contribution in [0.25, 0.3) is 0 Å². The number of fused-ring (bicyclic) bond motifs is 1. The van der Waals surface area contributed by atoms with Crippen molar-refractivity contribution in [3.63, 3.8) is 0 Å². The van der Waals surface area contributed by atoms with Crippen molar-refractivity contribution in [3.05, 3.63) is 35.9 Å². The third-order valence-electron chi connectivity index (χ3n) is 4.23. The minimum Gasteiger partial charge on any atom is -0.353 e. The molecule has 0 aliphatic carbocycles. The van der Waals surface area contributed by atoms with Crippen molar-refractivity contribution in [2.24, 2.45) is 0 Å². The Morgan fingerprint density at radius 2 is 2.15 bits per heavy atom. The number of rotatable bonds is 3. The SMILES string of the molecule is CCOC1C[C@H]2CC(C#N)N2[C@H](c2ccccc2)CO1. The van der Waals surface area contributed by atoms with Crippen LogP contribution in [0.2, 0.25) is 0 Å². The van der Waals surface area contributed by atoms with Crippen molar-refractivity contribution in [2.45, 2.75) is 44.2 Å². The Hall–Kier alpha value is -1.41. The standard InChI is InChI=1S/C16H20N2O2/c1-2-19-16-9-13-8-14(10-17)18(13)15(11-20-16)12-6-4-3-5-7-12/h3-7,13-16H,2,8-9,11H2,1H3/t13-,14?,15+,16?/m1/s1. The quantitative estimate of drug-likeness (QED) is 0.848. The normalized spacial score (nSPS) is 33.6. The lowest BCUT2D eigenvalue weighted by atomic mass is 9.87. The molecule has 3 rings (SSSR count). The Morgan fingerprint density at radius 1 is 1.35 bits per heavy atom. The maximum Gasteiger partial charge on any atom is 0.159 e. The molecule has 0 bridgehead atoms. The van der Waals surface area contributed by atoms with E-state index < -0.39 is 0 Å². The summed E-state index contributed by atoms with van der Waals surface area (Å²) in [5, 5.41) is 9.29. The molecule has 0 saturated carbocycles. The highest BCUT2D eigenvalue weighted by Gasteiger charge is 2.46. The Labute approximate surface area is 119 Å². The Morgan fingerprint density at radius 3 is 2.85 bits per heavy atom. The van der Waals surface area contributed by atoms with Gasteiger partial charge in [0, 0.05) is 19.1 Å². The molecule has 0 N–H and O–H groups in total. The molecule has 2 aliphatic rings. The summed E-state index contributed by atoms with van der Waals surface area (Å²) < 4.78 is 11.5. The summed E-state index contributed by atoms with van der Waals surface area (Å²) in [6.07, 6.45) is 1.64. The first kappa shape index (κ1) is 13.6. The van der Waals surface area contributed by atoms with Crippen molar-refractivity contribution in [3.8, 4) is 6.07 Å². The first-order valence-corrected chi connectivity index (χ1v) is 7.28. The van der Waals surface area contributed by atoms with E-state index in [-0.39, 0.29) is 18.4 Å². The number of ether oxygens (including phenoxy) is 2. The van der Waals surface area contributed by atoms with E-state index >= 15 is 0 Å². The number of hydrogen-bond acceptors (Lipinski definition) is 4. The van der Waals surface area contributed by atoms with E-state index in [1.165, 1.54) is 5.56 Å². The highest BCUT2D eigenvalue weighted by Crippen LogP contribution is 2.40. The number of nitriles is 1. The fourth-order valence-corrected chi connectivity index (χ4v) is 3.25. The van der Waals surface area contributed by atoms with Gasteiger partial charge in [-0.05, 0) is 18.9 Å². The zero-order valence-corrected chi connectivity index (χ0v) is 11.7. The summed E-state index contributed by atoms with van der Waals surface area (Å²) in [5.41, 5.74) is 1.22. The van der Waals surface area contributed by atoms with Crippen molar-refractivity contribution in [1.29, 1.82) is 5.26 Å². The van der Waals surface area contributed by atoms with Gasteiger partial charge in [0.15, 0.2) is 6.29 Å². The van der Waals surface area contributed by atoms with Gasteiger partial charge in [0.2, 0.25) is 0 Å². The zero-order valence-electron chi connectivity index (χ0n) is 11.7. The minimum absolute atomic E-state index is 0.00850. The van der Waals surface area contributed by atoms with Crippen LogP contribution in [-0.2, 0) is 9.47 Å². The summed E-state index contributed by atoms with van der Waals surface area (Å²) in [6, 6.07) is 13.3. The fourth-order valence-electron chi connectivity index (χ4n) is 3.25. The second kappa shape index (κ2) is 5.92. The fraction of sp³-hybridized carbons (Fsp3) is 0.562. The van der Waals surface area contributed by atoms with E-state index in [0.717, 1.165) is 12.8 Å². The van der Waals surface area contributed by atoms with Gasteiger partial charge in [0.25, 0.3) is 0 Å². The molecule has 0 amide bonds. The second-order valence-electron chi connectivity index (χ2n) is 5.36.